The van der Waals surface area contributed by atoms with Crippen molar-refractivity contribution < 1.29 is 13.2 Å². The second-order valence-corrected chi connectivity index (χ2v) is 7.48. The van der Waals surface area contributed by atoms with E-state index in [1.165, 1.54) is 0 Å². The summed E-state index contributed by atoms with van der Waals surface area (Å²) in [7, 11) is -3.62. The van der Waals surface area contributed by atoms with Gasteiger partial charge in [-0.2, -0.15) is 0 Å². The predicted molar refractivity (Wildman–Crippen MR) is 99.8 cm³/mol. The smallest absolute Gasteiger partial charge is 0.241 e. The first-order valence-corrected chi connectivity index (χ1v) is 9.66. The zero-order chi connectivity index (χ0) is 18.0. The SMILES string of the molecule is O=S(=O)(NCCOc1cccc2nccn12)c1cccc2ccccc12. The second kappa shape index (κ2) is 6.78. The average molecular weight is 367 g/mol. The molecule has 0 unspecified atom stereocenters. The lowest BCUT2D eigenvalue weighted by Gasteiger charge is -2.11. The number of hydrogen-bond acceptors (Lipinski definition) is 4. The molecule has 0 atom stereocenters. The first-order valence-electron chi connectivity index (χ1n) is 8.17. The standard InChI is InChI=1S/C19H17N3O3S/c23-26(24,17-8-3-6-15-5-1-2-7-16(15)17)21-12-14-25-19-10-4-9-18-20-11-13-22(18)19/h1-11,13,21H,12,14H2. The van der Waals surface area contributed by atoms with Crippen LogP contribution < -0.4 is 9.46 Å². The molecule has 6 nitrogen and oxygen atoms in total. The lowest BCUT2D eigenvalue weighted by molar-refractivity contribution is 0.307. The summed E-state index contributed by atoms with van der Waals surface area (Å²) in [5.41, 5.74) is 0.777. The van der Waals surface area contributed by atoms with E-state index in [0.29, 0.717) is 11.3 Å². The highest BCUT2D eigenvalue weighted by Gasteiger charge is 2.16. The molecule has 0 saturated heterocycles. The van der Waals surface area contributed by atoms with Crippen LogP contribution in [0.4, 0.5) is 0 Å². The maximum absolute atomic E-state index is 12.6. The minimum Gasteiger partial charge on any atom is -0.477 e. The molecule has 7 heteroatoms. The first kappa shape index (κ1) is 16.6. The van der Waals surface area contributed by atoms with Crippen molar-refractivity contribution in [1.29, 1.82) is 0 Å². The zero-order valence-corrected chi connectivity index (χ0v) is 14.7. The van der Waals surface area contributed by atoms with E-state index < -0.39 is 10.0 Å². The fourth-order valence-electron chi connectivity index (χ4n) is 2.88. The first-order chi connectivity index (χ1) is 12.6. The number of aromatic nitrogens is 2. The van der Waals surface area contributed by atoms with Crippen molar-refractivity contribution in [1.82, 2.24) is 14.1 Å². The van der Waals surface area contributed by atoms with Crippen LogP contribution in [0.5, 0.6) is 5.88 Å². The fraction of sp³-hybridized carbons (Fsp3) is 0.105. The van der Waals surface area contributed by atoms with Crippen LogP contribution in [0, 0.1) is 0 Å². The molecule has 0 amide bonds. The van der Waals surface area contributed by atoms with Gasteiger partial charge in [-0.15, -0.1) is 0 Å². The number of ether oxygens (including phenoxy) is 1. The molecule has 0 aliphatic rings. The molecule has 4 aromatic rings. The Bertz CT molecular complexity index is 1160. The van der Waals surface area contributed by atoms with Crippen molar-refractivity contribution in [2.24, 2.45) is 0 Å². The summed E-state index contributed by atoms with van der Waals surface area (Å²) in [5.74, 6) is 0.615. The highest BCUT2D eigenvalue weighted by molar-refractivity contribution is 7.89. The molecule has 0 fully saturated rings. The van der Waals surface area contributed by atoms with E-state index in [2.05, 4.69) is 9.71 Å². The maximum Gasteiger partial charge on any atom is 0.241 e. The Morgan fingerprint density at radius 1 is 1.00 bits per heavy atom. The number of rotatable bonds is 6. The monoisotopic (exact) mass is 367 g/mol. The van der Waals surface area contributed by atoms with Gasteiger partial charge in [-0.3, -0.25) is 4.40 Å². The molecule has 2 heterocycles. The number of imidazole rings is 1. The summed E-state index contributed by atoms with van der Waals surface area (Å²) in [4.78, 5) is 4.46. The normalized spacial score (nSPS) is 11.8. The highest BCUT2D eigenvalue weighted by Crippen LogP contribution is 2.22. The number of sulfonamides is 1. The summed E-state index contributed by atoms with van der Waals surface area (Å²) in [6.45, 7) is 0.373. The summed E-state index contributed by atoms with van der Waals surface area (Å²) < 4.78 is 35.4. The number of nitrogens with one attached hydrogen (secondary N) is 1. The third kappa shape index (κ3) is 3.14. The van der Waals surface area contributed by atoms with E-state index in [4.69, 9.17) is 4.74 Å². The van der Waals surface area contributed by atoms with E-state index in [0.717, 1.165) is 11.0 Å². The molecular weight excluding hydrogens is 350 g/mol. The minimum absolute atomic E-state index is 0.163. The number of hydrogen-bond donors (Lipinski definition) is 1. The van der Waals surface area contributed by atoms with Gasteiger partial charge in [0.15, 0.2) is 5.88 Å². The second-order valence-electron chi connectivity index (χ2n) is 5.74. The van der Waals surface area contributed by atoms with Gasteiger partial charge >= 0.3 is 0 Å². The predicted octanol–water partition coefficient (Wildman–Crippen LogP) is 2.84. The number of benzene rings is 2. The lowest BCUT2D eigenvalue weighted by atomic mass is 10.1. The van der Waals surface area contributed by atoms with Gasteiger partial charge in [0.2, 0.25) is 10.0 Å². The highest BCUT2D eigenvalue weighted by atomic mass is 32.2. The quantitative estimate of drug-likeness (QED) is 0.532. The lowest BCUT2D eigenvalue weighted by Crippen LogP contribution is -2.28. The molecule has 1 N–H and O–H groups in total. The number of fused-ring (bicyclic) bond motifs is 2. The average Bonchev–Trinajstić information content (AvgIpc) is 3.14. The van der Waals surface area contributed by atoms with Crippen LogP contribution in [0.2, 0.25) is 0 Å². The van der Waals surface area contributed by atoms with Crippen LogP contribution in [0.1, 0.15) is 0 Å². The molecule has 132 valence electrons. The Kier molecular flexibility index (Phi) is 4.32. The van der Waals surface area contributed by atoms with Crippen LogP contribution in [0.15, 0.2) is 78.0 Å². The molecule has 0 aliphatic heterocycles. The van der Waals surface area contributed by atoms with Gasteiger partial charge in [0.1, 0.15) is 12.3 Å². The van der Waals surface area contributed by atoms with Crippen molar-refractivity contribution in [2.45, 2.75) is 4.90 Å². The van der Waals surface area contributed by atoms with Crippen molar-refractivity contribution in [3.63, 3.8) is 0 Å². The molecule has 0 bridgehead atoms. The molecule has 2 aromatic heterocycles. The topological polar surface area (TPSA) is 72.7 Å². The van der Waals surface area contributed by atoms with E-state index in [1.54, 1.807) is 35.0 Å². The van der Waals surface area contributed by atoms with Crippen molar-refractivity contribution in [3.8, 4) is 5.88 Å². The fourth-order valence-corrected chi connectivity index (χ4v) is 4.12. The van der Waals surface area contributed by atoms with Crippen molar-refractivity contribution in [3.05, 3.63) is 73.1 Å². The van der Waals surface area contributed by atoms with Crippen LogP contribution in [0.25, 0.3) is 16.4 Å². The van der Waals surface area contributed by atoms with Gasteiger partial charge in [0.05, 0.1) is 4.90 Å². The Morgan fingerprint density at radius 3 is 2.73 bits per heavy atom. The Balaban J connectivity index is 1.46. The van der Waals surface area contributed by atoms with E-state index >= 15 is 0 Å². The molecule has 2 aromatic carbocycles. The summed E-state index contributed by atoms with van der Waals surface area (Å²) in [5, 5.41) is 1.59. The van der Waals surface area contributed by atoms with Crippen LogP contribution in [-0.2, 0) is 10.0 Å². The van der Waals surface area contributed by atoms with Gasteiger partial charge in [0, 0.05) is 24.3 Å². The zero-order valence-electron chi connectivity index (χ0n) is 13.9. The van der Waals surface area contributed by atoms with Gasteiger partial charge in [-0.05, 0) is 23.6 Å². The molecular formula is C19H17N3O3S. The van der Waals surface area contributed by atoms with Gasteiger partial charge in [0.25, 0.3) is 0 Å². The van der Waals surface area contributed by atoms with E-state index in [9.17, 15) is 8.42 Å². The number of pyridine rings is 1. The molecule has 0 radical (unpaired) electrons. The summed E-state index contributed by atoms with van der Waals surface area (Å²) in [6, 6.07) is 18.2. The Labute approximate surface area is 151 Å². The maximum atomic E-state index is 12.6. The van der Waals surface area contributed by atoms with E-state index in [1.807, 2.05) is 42.5 Å². The third-order valence-electron chi connectivity index (χ3n) is 4.07. The largest absolute Gasteiger partial charge is 0.477 e. The molecule has 26 heavy (non-hydrogen) atoms. The molecule has 0 saturated carbocycles. The Morgan fingerprint density at radius 2 is 1.81 bits per heavy atom. The molecule has 4 rings (SSSR count). The van der Waals surface area contributed by atoms with Crippen LogP contribution in [0.3, 0.4) is 0 Å². The van der Waals surface area contributed by atoms with E-state index in [-0.39, 0.29) is 18.0 Å². The van der Waals surface area contributed by atoms with Crippen molar-refractivity contribution in [2.75, 3.05) is 13.2 Å². The van der Waals surface area contributed by atoms with Crippen molar-refractivity contribution >= 4 is 26.4 Å². The van der Waals surface area contributed by atoms with Crippen LogP contribution in [-0.4, -0.2) is 31.0 Å². The summed E-state index contributed by atoms with van der Waals surface area (Å²) >= 11 is 0. The molecule has 0 aliphatic carbocycles. The van der Waals surface area contributed by atoms with Gasteiger partial charge < -0.3 is 4.74 Å². The summed E-state index contributed by atoms with van der Waals surface area (Å²) in [6.07, 6.45) is 3.48. The molecule has 0 spiro atoms. The minimum atomic E-state index is -3.62. The van der Waals surface area contributed by atoms with Crippen LogP contribution >= 0.6 is 0 Å². The Hall–Kier alpha value is -2.90. The van der Waals surface area contributed by atoms with Gasteiger partial charge in [-0.25, -0.2) is 18.1 Å². The van der Waals surface area contributed by atoms with Gasteiger partial charge in [-0.1, -0.05) is 42.5 Å². The third-order valence-corrected chi connectivity index (χ3v) is 5.59. The number of nitrogens with zero attached hydrogens (tertiary/aromatic N) is 2.